The fourth-order valence-electron chi connectivity index (χ4n) is 2.76. The third-order valence-electron chi connectivity index (χ3n) is 3.72. The number of aromatic nitrogens is 2. The van der Waals surface area contributed by atoms with Crippen molar-refractivity contribution < 1.29 is 0 Å². The molecule has 1 fully saturated rings. The molecule has 0 aliphatic heterocycles. The van der Waals surface area contributed by atoms with Crippen LogP contribution < -0.4 is 0 Å². The molecule has 1 aromatic heterocycles. The van der Waals surface area contributed by atoms with E-state index in [0.717, 1.165) is 12.2 Å². The van der Waals surface area contributed by atoms with Crippen molar-refractivity contribution >= 4 is 11.6 Å². The number of aromatic amines is 1. The van der Waals surface area contributed by atoms with Crippen LogP contribution in [0.5, 0.6) is 0 Å². The third-order valence-corrected chi connectivity index (χ3v) is 4.18. The van der Waals surface area contributed by atoms with E-state index in [9.17, 15) is 0 Å². The number of nitrogens with one attached hydrogen (secondary N) is 1. The Hall–Kier alpha value is -0.500. The van der Waals surface area contributed by atoms with Gasteiger partial charge in [0.05, 0.1) is 0 Å². The molecule has 0 aromatic carbocycles. The van der Waals surface area contributed by atoms with E-state index < -0.39 is 0 Å². The van der Waals surface area contributed by atoms with Crippen LogP contribution in [0.4, 0.5) is 0 Å². The quantitative estimate of drug-likeness (QED) is 0.787. The molecule has 0 spiro atoms. The van der Waals surface area contributed by atoms with Gasteiger partial charge in [-0.2, -0.15) is 0 Å². The van der Waals surface area contributed by atoms with E-state index in [1.165, 1.54) is 19.3 Å². The van der Waals surface area contributed by atoms with Crippen LogP contribution in [0.1, 0.15) is 38.9 Å². The molecule has 3 heteroatoms. The van der Waals surface area contributed by atoms with Gasteiger partial charge in [0.15, 0.2) is 0 Å². The van der Waals surface area contributed by atoms with Gasteiger partial charge in [0, 0.05) is 24.2 Å². The Morgan fingerprint density at radius 2 is 2.47 bits per heavy atom. The summed E-state index contributed by atoms with van der Waals surface area (Å²) >= 11 is 6.50. The Balaban J connectivity index is 1.99. The maximum Gasteiger partial charge on any atom is 0.107 e. The average molecular weight is 227 g/mol. The van der Waals surface area contributed by atoms with Crippen molar-refractivity contribution in [2.45, 2.75) is 44.9 Å². The van der Waals surface area contributed by atoms with Gasteiger partial charge in [0.1, 0.15) is 5.82 Å². The summed E-state index contributed by atoms with van der Waals surface area (Å²) in [6.07, 6.45) is 8.40. The van der Waals surface area contributed by atoms with Gasteiger partial charge >= 0.3 is 0 Å². The second-order valence-corrected chi connectivity index (χ2v) is 5.80. The summed E-state index contributed by atoms with van der Waals surface area (Å²) in [6.45, 7) is 4.67. The molecule has 0 radical (unpaired) electrons. The number of halogens is 1. The van der Waals surface area contributed by atoms with Gasteiger partial charge < -0.3 is 4.98 Å². The zero-order valence-electron chi connectivity index (χ0n) is 9.46. The number of alkyl halides is 1. The molecule has 2 atom stereocenters. The first kappa shape index (κ1) is 11.0. The van der Waals surface area contributed by atoms with Crippen LogP contribution >= 0.6 is 11.6 Å². The highest BCUT2D eigenvalue weighted by Crippen LogP contribution is 2.46. The predicted octanol–water partition coefficient (Wildman–Crippen LogP) is 3.39. The van der Waals surface area contributed by atoms with E-state index in [1.54, 1.807) is 6.20 Å². The Labute approximate surface area is 96.4 Å². The molecule has 1 aliphatic rings. The summed E-state index contributed by atoms with van der Waals surface area (Å²) in [4.78, 5) is 7.36. The van der Waals surface area contributed by atoms with Gasteiger partial charge in [0.2, 0.25) is 0 Å². The monoisotopic (exact) mass is 226 g/mol. The molecule has 2 unspecified atom stereocenters. The maximum absolute atomic E-state index is 6.50. The second-order valence-electron chi connectivity index (χ2n) is 5.24. The molecule has 1 heterocycles. The van der Waals surface area contributed by atoms with Crippen LogP contribution in [-0.4, -0.2) is 15.3 Å². The normalized spacial score (nSPS) is 26.7. The van der Waals surface area contributed by atoms with Gasteiger partial charge in [-0.15, -0.1) is 11.6 Å². The lowest BCUT2D eigenvalue weighted by atomic mass is 9.79. The Morgan fingerprint density at radius 3 is 3.00 bits per heavy atom. The number of hydrogen-bond donors (Lipinski definition) is 1. The van der Waals surface area contributed by atoms with Crippen molar-refractivity contribution in [2.24, 2.45) is 11.3 Å². The van der Waals surface area contributed by atoms with Crippen molar-refractivity contribution in [2.75, 3.05) is 0 Å². The highest BCUT2D eigenvalue weighted by molar-refractivity contribution is 6.21. The number of imidazole rings is 1. The van der Waals surface area contributed by atoms with Crippen molar-refractivity contribution in [1.29, 1.82) is 0 Å². The predicted molar refractivity (Wildman–Crippen MR) is 63.1 cm³/mol. The SMILES string of the molecule is CC1(C)CCCC1C(Cl)Cc1ncc[nH]1. The first-order chi connectivity index (χ1) is 7.09. The fraction of sp³-hybridized carbons (Fsp3) is 0.750. The summed E-state index contributed by atoms with van der Waals surface area (Å²) in [5, 5.41) is 0.216. The molecule has 0 amide bonds. The van der Waals surface area contributed by atoms with Gasteiger partial charge in [-0.05, 0) is 24.2 Å². The van der Waals surface area contributed by atoms with Gasteiger partial charge in [-0.25, -0.2) is 4.98 Å². The summed E-state index contributed by atoms with van der Waals surface area (Å²) in [6, 6.07) is 0. The smallest absolute Gasteiger partial charge is 0.107 e. The van der Waals surface area contributed by atoms with Crippen LogP contribution in [0.3, 0.4) is 0 Å². The summed E-state index contributed by atoms with van der Waals surface area (Å²) in [7, 11) is 0. The Morgan fingerprint density at radius 1 is 1.67 bits per heavy atom. The van der Waals surface area contributed by atoms with Crippen LogP contribution in [0, 0.1) is 11.3 Å². The molecule has 1 N–H and O–H groups in total. The summed E-state index contributed by atoms with van der Waals surface area (Å²) in [5.41, 5.74) is 0.402. The lowest BCUT2D eigenvalue weighted by Crippen LogP contribution is -2.27. The highest BCUT2D eigenvalue weighted by atomic mass is 35.5. The maximum atomic E-state index is 6.50. The van der Waals surface area contributed by atoms with Crippen LogP contribution in [-0.2, 0) is 6.42 Å². The standard InChI is InChI=1S/C12H19ClN2/c1-12(2)5-3-4-9(12)10(13)8-11-14-6-7-15-11/h6-7,9-10H,3-5,8H2,1-2H3,(H,14,15). The van der Waals surface area contributed by atoms with Gasteiger partial charge in [-0.1, -0.05) is 20.3 Å². The zero-order chi connectivity index (χ0) is 10.9. The lowest BCUT2D eigenvalue weighted by molar-refractivity contribution is 0.249. The van der Waals surface area contributed by atoms with E-state index in [2.05, 4.69) is 23.8 Å². The molecule has 1 saturated carbocycles. The molecule has 1 aliphatic carbocycles. The summed E-state index contributed by atoms with van der Waals surface area (Å²) < 4.78 is 0. The molecule has 0 saturated heterocycles. The first-order valence-electron chi connectivity index (χ1n) is 5.72. The molecule has 1 aromatic rings. The lowest BCUT2D eigenvalue weighted by Gasteiger charge is -2.30. The van der Waals surface area contributed by atoms with E-state index in [1.807, 2.05) is 6.20 Å². The fourth-order valence-corrected chi connectivity index (χ4v) is 3.37. The van der Waals surface area contributed by atoms with Crippen molar-refractivity contribution in [3.8, 4) is 0 Å². The third kappa shape index (κ3) is 2.36. The Kier molecular flexibility index (Phi) is 3.06. The number of rotatable bonds is 3. The highest BCUT2D eigenvalue weighted by Gasteiger charge is 2.38. The number of hydrogen-bond acceptors (Lipinski definition) is 1. The minimum atomic E-state index is 0.216. The van der Waals surface area contributed by atoms with Gasteiger partial charge in [-0.3, -0.25) is 0 Å². The van der Waals surface area contributed by atoms with Crippen LogP contribution in [0.25, 0.3) is 0 Å². The van der Waals surface area contributed by atoms with Crippen LogP contribution in [0.2, 0.25) is 0 Å². The Bertz CT molecular complexity index is 305. The topological polar surface area (TPSA) is 28.7 Å². The number of nitrogens with zero attached hydrogens (tertiary/aromatic N) is 1. The molecule has 15 heavy (non-hydrogen) atoms. The average Bonchev–Trinajstić information content (AvgIpc) is 2.73. The van der Waals surface area contributed by atoms with Crippen LogP contribution in [0.15, 0.2) is 12.4 Å². The molecular weight excluding hydrogens is 208 g/mol. The zero-order valence-corrected chi connectivity index (χ0v) is 10.2. The van der Waals surface area contributed by atoms with Crippen molar-refractivity contribution in [1.82, 2.24) is 9.97 Å². The van der Waals surface area contributed by atoms with Crippen molar-refractivity contribution in [3.05, 3.63) is 18.2 Å². The van der Waals surface area contributed by atoms with E-state index in [-0.39, 0.29) is 5.38 Å². The molecule has 2 rings (SSSR count). The van der Waals surface area contributed by atoms with E-state index >= 15 is 0 Å². The van der Waals surface area contributed by atoms with E-state index in [4.69, 9.17) is 11.6 Å². The van der Waals surface area contributed by atoms with E-state index in [0.29, 0.717) is 11.3 Å². The van der Waals surface area contributed by atoms with Crippen molar-refractivity contribution in [3.63, 3.8) is 0 Å². The minimum absolute atomic E-state index is 0.216. The van der Waals surface area contributed by atoms with Gasteiger partial charge in [0.25, 0.3) is 0 Å². The molecule has 84 valence electrons. The summed E-state index contributed by atoms with van der Waals surface area (Å²) in [5.74, 6) is 1.64. The second kappa shape index (κ2) is 4.17. The molecule has 0 bridgehead atoms. The largest absolute Gasteiger partial charge is 0.349 e. The molecular formula is C12H19ClN2. The first-order valence-corrected chi connectivity index (χ1v) is 6.15. The minimum Gasteiger partial charge on any atom is -0.349 e. The number of H-pyrrole nitrogens is 1. The molecule has 2 nitrogen and oxygen atoms in total.